The van der Waals surface area contributed by atoms with Gasteiger partial charge in [-0.25, -0.2) is 0 Å². The molecule has 0 atom stereocenters. The molecule has 0 aliphatic heterocycles. The number of hydrogen-bond acceptors (Lipinski definition) is 2. The molecule has 2 aliphatic rings. The molecule has 0 unspecified atom stereocenters. The second kappa shape index (κ2) is 3.27. The maximum Gasteiger partial charge on any atom is 0.151 e. The Labute approximate surface area is 94.7 Å². The summed E-state index contributed by atoms with van der Waals surface area (Å²) in [6, 6.07) is 7.94. The van der Waals surface area contributed by atoms with Crippen LogP contribution in [0.2, 0.25) is 0 Å². The summed E-state index contributed by atoms with van der Waals surface area (Å²) in [5.41, 5.74) is 1.43. The van der Waals surface area contributed by atoms with Crippen LogP contribution in [0.1, 0.15) is 36.8 Å². The summed E-state index contributed by atoms with van der Waals surface area (Å²) in [5.74, 6) is 0.286. The predicted molar refractivity (Wildman–Crippen MR) is 60.3 cm³/mol. The molecule has 1 fully saturated rings. The zero-order chi connectivity index (χ0) is 11.2. The molecule has 2 aliphatic carbocycles. The average Bonchev–Trinajstić information content (AvgIpc) is 2.59. The van der Waals surface area contributed by atoms with Crippen LogP contribution in [0.5, 0.6) is 0 Å². The average molecular weight is 214 g/mol. The maximum atomic E-state index is 12.1. The Bertz CT molecular complexity index is 457. The third-order valence-electron chi connectivity index (χ3n) is 4.01. The van der Waals surface area contributed by atoms with Crippen molar-refractivity contribution in [3.63, 3.8) is 0 Å². The van der Waals surface area contributed by atoms with Gasteiger partial charge in [0.05, 0.1) is 0 Å². The number of Topliss-reactive ketones (excluding diaryl/α,β-unsaturated/α-hetero) is 2. The maximum absolute atomic E-state index is 12.1. The van der Waals surface area contributed by atoms with Crippen LogP contribution < -0.4 is 0 Å². The van der Waals surface area contributed by atoms with Crippen LogP contribution in [-0.4, -0.2) is 11.6 Å². The zero-order valence-electron chi connectivity index (χ0n) is 9.16. The molecular formula is C14H14O2. The normalized spacial score (nSPS) is 22.5. The van der Waals surface area contributed by atoms with Gasteiger partial charge in [0.2, 0.25) is 0 Å². The van der Waals surface area contributed by atoms with Gasteiger partial charge in [-0.1, -0.05) is 24.3 Å². The molecular weight excluding hydrogens is 200 g/mol. The summed E-state index contributed by atoms with van der Waals surface area (Å²) in [5, 5.41) is 0. The number of ketones is 2. The topological polar surface area (TPSA) is 34.1 Å². The monoisotopic (exact) mass is 214 g/mol. The molecule has 0 saturated heterocycles. The SMILES string of the molecule is O=C1CCC(=O)C12CCCc1ccccc12. The van der Waals surface area contributed by atoms with E-state index in [1.165, 1.54) is 5.56 Å². The number of carbonyl (C=O) groups is 2. The Morgan fingerprint density at radius 3 is 2.38 bits per heavy atom. The van der Waals surface area contributed by atoms with Crippen molar-refractivity contribution in [2.24, 2.45) is 0 Å². The second-order valence-electron chi connectivity index (χ2n) is 4.76. The molecule has 3 rings (SSSR count). The van der Waals surface area contributed by atoms with Crippen LogP contribution in [-0.2, 0) is 21.4 Å². The van der Waals surface area contributed by atoms with Crippen molar-refractivity contribution in [1.82, 2.24) is 0 Å². The highest BCUT2D eigenvalue weighted by molar-refractivity contribution is 6.18. The van der Waals surface area contributed by atoms with E-state index in [-0.39, 0.29) is 11.6 Å². The summed E-state index contributed by atoms with van der Waals surface area (Å²) in [6.45, 7) is 0. The van der Waals surface area contributed by atoms with Crippen LogP contribution in [0.3, 0.4) is 0 Å². The van der Waals surface area contributed by atoms with E-state index in [1.54, 1.807) is 0 Å². The summed E-state index contributed by atoms with van der Waals surface area (Å²) in [4.78, 5) is 24.2. The first-order valence-corrected chi connectivity index (χ1v) is 5.90. The lowest BCUT2D eigenvalue weighted by Crippen LogP contribution is -2.40. The molecule has 1 saturated carbocycles. The van der Waals surface area contributed by atoms with Crippen molar-refractivity contribution in [3.05, 3.63) is 35.4 Å². The summed E-state index contributed by atoms with van der Waals surface area (Å²) >= 11 is 0. The standard InChI is InChI=1S/C14H14O2/c15-12-7-8-13(16)14(12)9-3-5-10-4-1-2-6-11(10)14/h1-2,4,6H,3,5,7-9H2. The van der Waals surface area contributed by atoms with Crippen molar-refractivity contribution in [2.45, 2.75) is 37.5 Å². The number of rotatable bonds is 0. The van der Waals surface area contributed by atoms with E-state index in [0.717, 1.165) is 24.8 Å². The molecule has 1 spiro atoms. The molecule has 0 radical (unpaired) electrons. The first kappa shape index (κ1) is 9.76. The smallest absolute Gasteiger partial charge is 0.151 e. The number of hydrogen-bond donors (Lipinski definition) is 0. The second-order valence-corrected chi connectivity index (χ2v) is 4.76. The van der Waals surface area contributed by atoms with Crippen LogP contribution in [0, 0.1) is 0 Å². The van der Waals surface area contributed by atoms with Gasteiger partial charge in [-0.15, -0.1) is 0 Å². The fourth-order valence-electron chi connectivity index (χ4n) is 3.22. The molecule has 0 amide bonds. The Morgan fingerprint density at radius 2 is 1.62 bits per heavy atom. The van der Waals surface area contributed by atoms with Crippen molar-refractivity contribution in [3.8, 4) is 0 Å². The highest BCUT2D eigenvalue weighted by Crippen LogP contribution is 2.44. The van der Waals surface area contributed by atoms with Gasteiger partial charge in [-0.05, 0) is 30.4 Å². The summed E-state index contributed by atoms with van der Waals surface area (Å²) < 4.78 is 0. The van der Waals surface area contributed by atoms with Crippen molar-refractivity contribution >= 4 is 11.6 Å². The van der Waals surface area contributed by atoms with Gasteiger partial charge in [0, 0.05) is 12.8 Å². The van der Waals surface area contributed by atoms with Gasteiger partial charge in [-0.2, -0.15) is 0 Å². The molecule has 0 bridgehead atoms. The summed E-state index contributed by atoms with van der Waals surface area (Å²) in [7, 11) is 0. The van der Waals surface area contributed by atoms with E-state index in [2.05, 4.69) is 6.07 Å². The molecule has 16 heavy (non-hydrogen) atoms. The van der Waals surface area contributed by atoms with Crippen molar-refractivity contribution in [1.29, 1.82) is 0 Å². The van der Waals surface area contributed by atoms with Crippen LogP contribution in [0.25, 0.3) is 0 Å². The van der Waals surface area contributed by atoms with Gasteiger partial charge in [0.25, 0.3) is 0 Å². The van der Waals surface area contributed by atoms with Gasteiger partial charge in [-0.3, -0.25) is 9.59 Å². The number of carbonyl (C=O) groups excluding carboxylic acids is 2. The van der Waals surface area contributed by atoms with Gasteiger partial charge >= 0.3 is 0 Å². The minimum absolute atomic E-state index is 0.143. The van der Waals surface area contributed by atoms with Crippen LogP contribution in [0.4, 0.5) is 0 Å². The van der Waals surface area contributed by atoms with E-state index >= 15 is 0 Å². The minimum atomic E-state index is -0.755. The molecule has 0 N–H and O–H groups in total. The number of aryl methyl sites for hydroxylation is 1. The molecule has 82 valence electrons. The van der Waals surface area contributed by atoms with Gasteiger partial charge in [0.1, 0.15) is 5.41 Å². The Kier molecular flexibility index (Phi) is 2.00. The molecule has 0 heterocycles. The van der Waals surface area contributed by atoms with Crippen LogP contribution >= 0.6 is 0 Å². The lowest BCUT2D eigenvalue weighted by Gasteiger charge is -2.32. The largest absolute Gasteiger partial charge is 0.298 e. The van der Waals surface area contributed by atoms with E-state index < -0.39 is 5.41 Å². The molecule has 1 aromatic carbocycles. The molecule has 2 nitrogen and oxygen atoms in total. The minimum Gasteiger partial charge on any atom is -0.298 e. The Morgan fingerprint density at radius 1 is 0.938 bits per heavy atom. The lowest BCUT2D eigenvalue weighted by atomic mass is 9.68. The molecule has 1 aromatic rings. The van der Waals surface area contributed by atoms with E-state index in [9.17, 15) is 9.59 Å². The van der Waals surface area contributed by atoms with Crippen LogP contribution in [0.15, 0.2) is 24.3 Å². The van der Waals surface area contributed by atoms with Gasteiger partial charge < -0.3 is 0 Å². The van der Waals surface area contributed by atoms with Gasteiger partial charge in [0.15, 0.2) is 11.6 Å². The fraction of sp³-hybridized carbons (Fsp3) is 0.429. The van der Waals surface area contributed by atoms with Crippen molar-refractivity contribution < 1.29 is 9.59 Å². The fourth-order valence-corrected chi connectivity index (χ4v) is 3.22. The zero-order valence-corrected chi connectivity index (χ0v) is 9.16. The number of fused-ring (bicyclic) bond motifs is 2. The quantitative estimate of drug-likeness (QED) is 0.620. The summed E-state index contributed by atoms with van der Waals surface area (Å²) in [6.07, 6.45) is 3.55. The Balaban J connectivity index is 2.24. The Hall–Kier alpha value is -1.44. The molecule has 2 heteroatoms. The highest BCUT2D eigenvalue weighted by atomic mass is 16.2. The lowest BCUT2D eigenvalue weighted by molar-refractivity contribution is -0.130. The van der Waals surface area contributed by atoms with E-state index in [1.807, 2.05) is 18.2 Å². The third kappa shape index (κ3) is 1.07. The predicted octanol–water partition coefficient (Wildman–Crippen LogP) is 2.19. The number of benzene rings is 1. The highest BCUT2D eigenvalue weighted by Gasteiger charge is 2.52. The first-order valence-electron chi connectivity index (χ1n) is 5.90. The van der Waals surface area contributed by atoms with E-state index in [4.69, 9.17) is 0 Å². The van der Waals surface area contributed by atoms with Crippen molar-refractivity contribution in [2.75, 3.05) is 0 Å². The van der Waals surface area contributed by atoms with E-state index in [0.29, 0.717) is 12.8 Å². The third-order valence-corrected chi connectivity index (χ3v) is 4.01. The first-order chi connectivity index (χ1) is 7.75. The molecule has 0 aromatic heterocycles.